The van der Waals surface area contributed by atoms with Crippen LogP contribution in [0.3, 0.4) is 0 Å². The molecule has 2 rings (SSSR count). The van der Waals surface area contributed by atoms with E-state index in [1.165, 1.54) is 11.3 Å². The van der Waals surface area contributed by atoms with Gasteiger partial charge in [0.05, 0.1) is 12.5 Å². The predicted octanol–water partition coefficient (Wildman–Crippen LogP) is 3.47. The number of hydrogen-bond donors (Lipinski definition) is 0. The van der Waals surface area contributed by atoms with E-state index in [9.17, 15) is 0 Å². The van der Waals surface area contributed by atoms with Crippen molar-refractivity contribution in [3.05, 3.63) is 52.8 Å². The zero-order chi connectivity index (χ0) is 12.4. The van der Waals surface area contributed by atoms with E-state index in [1.54, 1.807) is 0 Å². The van der Waals surface area contributed by atoms with Crippen molar-refractivity contribution in [1.29, 1.82) is 5.26 Å². The van der Waals surface area contributed by atoms with Gasteiger partial charge in [-0.25, -0.2) is 0 Å². The van der Waals surface area contributed by atoms with E-state index in [1.807, 2.05) is 0 Å². The molecule has 0 atom stereocenters. The third kappa shape index (κ3) is 2.09. The monoisotopic (exact) mass is 224 g/mol. The third-order valence-electron chi connectivity index (χ3n) is 3.10. The molecular formula is C15H16N2. The highest BCUT2D eigenvalue weighted by Crippen LogP contribution is 2.21. The van der Waals surface area contributed by atoms with Crippen LogP contribution in [0, 0.1) is 32.1 Å². The van der Waals surface area contributed by atoms with Crippen molar-refractivity contribution in [2.45, 2.75) is 27.2 Å². The minimum Gasteiger partial charge on any atom is -0.318 e. The summed E-state index contributed by atoms with van der Waals surface area (Å²) in [6, 6.07) is 12.8. The lowest BCUT2D eigenvalue weighted by Gasteiger charge is -2.10. The Morgan fingerprint density at radius 1 is 1.12 bits per heavy atom. The van der Waals surface area contributed by atoms with E-state index in [0.29, 0.717) is 6.42 Å². The van der Waals surface area contributed by atoms with Crippen LogP contribution in [0.15, 0.2) is 30.3 Å². The first kappa shape index (κ1) is 11.5. The molecule has 0 amide bonds. The van der Waals surface area contributed by atoms with Crippen LogP contribution in [0.5, 0.6) is 0 Å². The highest BCUT2D eigenvalue weighted by atomic mass is 15.0. The maximum atomic E-state index is 8.79. The smallest absolute Gasteiger partial charge is 0.0670 e. The van der Waals surface area contributed by atoms with Crippen molar-refractivity contribution in [1.82, 2.24) is 4.57 Å². The van der Waals surface area contributed by atoms with Gasteiger partial charge in [0.2, 0.25) is 0 Å². The minimum absolute atomic E-state index is 0.478. The van der Waals surface area contributed by atoms with Gasteiger partial charge in [-0.3, -0.25) is 0 Å². The van der Waals surface area contributed by atoms with Gasteiger partial charge in [-0.1, -0.05) is 17.7 Å². The van der Waals surface area contributed by atoms with Gasteiger partial charge in [0, 0.05) is 17.1 Å². The number of hydrogen-bond acceptors (Lipinski definition) is 1. The Hall–Kier alpha value is -2.01. The van der Waals surface area contributed by atoms with E-state index < -0.39 is 0 Å². The maximum absolute atomic E-state index is 8.79. The lowest BCUT2D eigenvalue weighted by atomic mass is 10.2. The van der Waals surface area contributed by atoms with Gasteiger partial charge in [-0.15, -0.1) is 0 Å². The Labute approximate surface area is 102 Å². The molecule has 2 heteroatoms. The van der Waals surface area contributed by atoms with Crippen molar-refractivity contribution in [3.63, 3.8) is 0 Å². The Morgan fingerprint density at radius 3 is 2.35 bits per heavy atom. The van der Waals surface area contributed by atoms with Crippen molar-refractivity contribution >= 4 is 0 Å². The van der Waals surface area contributed by atoms with Crippen LogP contribution < -0.4 is 0 Å². The molecular weight excluding hydrogens is 208 g/mol. The molecule has 0 bridgehead atoms. The Morgan fingerprint density at radius 2 is 1.76 bits per heavy atom. The largest absolute Gasteiger partial charge is 0.318 e. The van der Waals surface area contributed by atoms with Crippen LogP contribution in [0.1, 0.15) is 22.5 Å². The molecule has 86 valence electrons. The SMILES string of the molecule is Cc1ccc(-n2c(C)cc(CC#N)c2C)cc1. The average molecular weight is 224 g/mol. The van der Waals surface area contributed by atoms with E-state index in [4.69, 9.17) is 5.26 Å². The first-order valence-electron chi connectivity index (χ1n) is 5.75. The highest BCUT2D eigenvalue weighted by molar-refractivity contribution is 5.42. The van der Waals surface area contributed by atoms with Crippen LogP contribution in [0.25, 0.3) is 5.69 Å². The number of nitriles is 1. The molecule has 0 N–H and O–H groups in total. The molecule has 0 saturated heterocycles. The third-order valence-corrected chi connectivity index (χ3v) is 3.10. The van der Waals surface area contributed by atoms with Gasteiger partial charge < -0.3 is 4.57 Å². The molecule has 0 unspecified atom stereocenters. The number of aryl methyl sites for hydroxylation is 2. The fourth-order valence-electron chi connectivity index (χ4n) is 2.18. The summed E-state index contributed by atoms with van der Waals surface area (Å²) in [6.45, 7) is 6.23. The summed E-state index contributed by atoms with van der Waals surface area (Å²) in [6.07, 6.45) is 0.478. The van der Waals surface area contributed by atoms with Crippen LogP contribution in [-0.4, -0.2) is 4.57 Å². The van der Waals surface area contributed by atoms with E-state index >= 15 is 0 Å². The Bertz CT molecular complexity index is 568. The minimum atomic E-state index is 0.478. The van der Waals surface area contributed by atoms with Crippen molar-refractivity contribution in [2.75, 3.05) is 0 Å². The topological polar surface area (TPSA) is 28.7 Å². The number of benzene rings is 1. The van der Waals surface area contributed by atoms with Crippen molar-refractivity contribution < 1.29 is 0 Å². The summed E-state index contributed by atoms with van der Waals surface area (Å²) in [7, 11) is 0. The molecule has 0 radical (unpaired) electrons. The van der Waals surface area contributed by atoms with Crippen molar-refractivity contribution in [3.8, 4) is 11.8 Å². The van der Waals surface area contributed by atoms with E-state index in [2.05, 4.69) is 61.7 Å². The number of rotatable bonds is 2. The fourth-order valence-corrected chi connectivity index (χ4v) is 2.18. The molecule has 17 heavy (non-hydrogen) atoms. The lowest BCUT2D eigenvalue weighted by molar-refractivity contribution is 0.955. The quantitative estimate of drug-likeness (QED) is 0.767. The lowest BCUT2D eigenvalue weighted by Crippen LogP contribution is -1.99. The number of nitrogens with zero attached hydrogens (tertiary/aromatic N) is 2. The molecule has 2 aromatic rings. The van der Waals surface area contributed by atoms with Gasteiger partial charge in [-0.05, 0) is 44.5 Å². The second kappa shape index (κ2) is 4.47. The average Bonchev–Trinajstić information content (AvgIpc) is 2.57. The van der Waals surface area contributed by atoms with Crippen LogP contribution in [-0.2, 0) is 6.42 Å². The molecule has 1 aromatic carbocycles. The molecule has 2 nitrogen and oxygen atoms in total. The van der Waals surface area contributed by atoms with Gasteiger partial charge in [0.25, 0.3) is 0 Å². The molecule has 0 saturated carbocycles. The normalized spacial score (nSPS) is 10.2. The first-order chi connectivity index (χ1) is 8.13. The molecule has 1 aromatic heterocycles. The van der Waals surface area contributed by atoms with Gasteiger partial charge in [0.15, 0.2) is 0 Å². The van der Waals surface area contributed by atoms with Crippen molar-refractivity contribution in [2.24, 2.45) is 0 Å². The zero-order valence-electron chi connectivity index (χ0n) is 10.5. The fraction of sp³-hybridized carbons (Fsp3) is 0.267. The standard InChI is InChI=1S/C15H16N2/c1-11-4-6-15(7-5-11)17-12(2)10-14(8-9-16)13(17)3/h4-7,10H,8H2,1-3H3. The summed E-state index contributed by atoms with van der Waals surface area (Å²) in [5.74, 6) is 0. The Balaban J connectivity index is 2.52. The zero-order valence-corrected chi connectivity index (χ0v) is 10.5. The van der Waals surface area contributed by atoms with E-state index in [0.717, 1.165) is 16.9 Å². The molecule has 0 aliphatic heterocycles. The van der Waals surface area contributed by atoms with Gasteiger partial charge in [0.1, 0.15) is 0 Å². The van der Waals surface area contributed by atoms with Crippen LogP contribution in [0.2, 0.25) is 0 Å². The second-order valence-electron chi connectivity index (χ2n) is 4.40. The summed E-state index contributed by atoms with van der Waals surface area (Å²) in [4.78, 5) is 0. The molecule has 0 aliphatic carbocycles. The van der Waals surface area contributed by atoms with Crippen LogP contribution in [0.4, 0.5) is 0 Å². The molecule has 0 fully saturated rings. The van der Waals surface area contributed by atoms with Gasteiger partial charge in [-0.2, -0.15) is 5.26 Å². The number of aromatic nitrogens is 1. The second-order valence-corrected chi connectivity index (χ2v) is 4.40. The summed E-state index contributed by atoms with van der Waals surface area (Å²) >= 11 is 0. The molecule has 1 heterocycles. The van der Waals surface area contributed by atoms with Gasteiger partial charge >= 0.3 is 0 Å². The molecule has 0 spiro atoms. The summed E-state index contributed by atoms with van der Waals surface area (Å²) in [5, 5.41) is 8.79. The molecule has 0 aliphatic rings. The Kier molecular flexibility index (Phi) is 3.01. The maximum Gasteiger partial charge on any atom is 0.0670 e. The predicted molar refractivity (Wildman–Crippen MR) is 69.3 cm³/mol. The summed E-state index contributed by atoms with van der Waals surface area (Å²) < 4.78 is 2.20. The summed E-state index contributed by atoms with van der Waals surface area (Å²) in [5.41, 5.74) is 5.87. The van der Waals surface area contributed by atoms with Crippen LogP contribution >= 0.6 is 0 Å². The first-order valence-corrected chi connectivity index (χ1v) is 5.75. The van der Waals surface area contributed by atoms with E-state index in [-0.39, 0.29) is 0 Å². The highest BCUT2D eigenvalue weighted by Gasteiger charge is 2.09.